The van der Waals surface area contributed by atoms with Crippen LogP contribution in [0.25, 0.3) is 0 Å². The molecule has 0 spiro atoms. The van der Waals surface area contributed by atoms with E-state index >= 15 is 0 Å². The number of ether oxygens (including phenoxy) is 2. The predicted octanol–water partition coefficient (Wildman–Crippen LogP) is 0.111. The van der Waals surface area contributed by atoms with Gasteiger partial charge in [0.05, 0.1) is 6.61 Å². The lowest BCUT2D eigenvalue weighted by Gasteiger charge is -2.07. The van der Waals surface area contributed by atoms with Crippen molar-refractivity contribution in [3.63, 3.8) is 0 Å². The second-order valence-electron chi connectivity index (χ2n) is 2.50. The Morgan fingerprint density at radius 2 is 2.45 bits per heavy atom. The zero-order chi connectivity index (χ0) is 8.27. The summed E-state index contributed by atoms with van der Waals surface area (Å²) in [4.78, 5) is 20.6. The SMILES string of the molecule is CC(=O)OC1CC(C=O)CO1. The van der Waals surface area contributed by atoms with Gasteiger partial charge >= 0.3 is 5.97 Å². The Balaban J connectivity index is 2.29. The molecule has 1 saturated heterocycles. The van der Waals surface area contributed by atoms with Crippen molar-refractivity contribution in [3.05, 3.63) is 0 Å². The van der Waals surface area contributed by atoms with Crippen molar-refractivity contribution in [2.75, 3.05) is 6.61 Å². The van der Waals surface area contributed by atoms with Gasteiger partial charge in [-0.05, 0) is 0 Å². The molecule has 4 heteroatoms. The maximum absolute atomic E-state index is 10.4. The zero-order valence-electron chi connectivity index (χ0n) is 6.28. The van der Waals surface area contributed by atoms with Crippen LogP contribution >= 0.6 is 0 Å². The standard InChI is InChI=1S/C7H10O4/c1-5(9)11-7-2-6(3-8)4-10-7/h3,6-7H,2,4H2,1H3. The maximum Gasteiger partial charge on any atom is 0.304 e. The molecule has 0 amide bonds. The Morgan fingerprint density at radius 3 is 2.91 bits per heavy atom. The molecule has 4 nitrogen and oxygen atoms in total. The van der Waals surface area contributed by atoms with Crippen LogP contribution in [0.15, 0.2) is 0 Å². The lowest BCUT2D eigenvalue weighted by Crippen LogP contribution is -2.14. The van der Waals surface area contributed by atoms with Gasteiger partial charge in [0.2, 0.25) is 6.29 Å². The van der Waals surface area contributed by atoms with Gasteiger partial charge in [-0.3, -0.25) is 4.79 Å². The Morgan fingerprint density at radius 1 is 1.73 bits per heavy atom. The van der Waals surface area contributed by atoms with E-state index in [-0.39, 0.29) is 11.9 Å². The molecule has 1 fully saturated rings. The molecule has 0 bridgehead atoms. The average Bonchev–Trinajstić information content (AvgIpc) is 2.34. The summed E-state index contributed by atoms with van der Waals surface area (Å²) < 4.78 is 9.72. The number of carbonyl (C=O) groups is 2. The first-order valence-corrected chi connectivity index (χ1v) is 3.46. The number of hydrogen-bond donors (Lipinski definition) is 0. The minimum atomic E-state index is -0.511. The molecule has 1 aliphatic heterocycles. The topological polar surface area (TPSA) is 52.6 Å². The van der Waals surface area contributed by atoms with Crippen LogP contribution in [0.1, 0.15) is 13.3 Å². The summed E-state index contributed by atoms with van der Waals surface area (Å²) in [5.41, 5.74) is 0. The molecule has 2 atom stereocenters. The van der Waals surface area contributed by atoms with E-state index in [1.807, 2.05) is 0 Å². The number of aldehydes is 1. The van der Waals surface area contributed by atoms with Gasteiger partial charge in [-0.15, -0.1) is 0 Å². The normalized spacial score (nSPS) is 29.9. The van der Waals surface area contributed by atoms with Crippen LogP contribution in [-0.2, 0) is 19.1 Å². The minimum Gasteiger partial charge on any atom is -0.436 e. The van der Waals surface area contributed by atoms with E-state index in [1.165, 1.54) is 6.92 Å². The molecule has 62 valence electrons. The van der Waals surface area contributed by atoms with Crippen molar-refractivity contribution in [3.8, 4) is 0 Å². The van der Waals surface area contributed by atoms with Gasteiger partial charge in [0.1, 0.15) is 6.29 Å². The van der Waals surface area contributed by atoms with Crippen LogP contribution in [0.3, 0.4) is 0 Å². The molecule has 0 aromatic carbocycles. The molecular formula is C7H10O4. The summed E-state index contributed by atoms with van der Waals surface area (Å²) in [6.45, 7) is 1.68. The molecule has 0 radical (unpaired) electrons. The smallest absolute Gasteiger partial charge is 0.304 e. The maximum atomic E-state index is 10.4. The summed E-state index contributed by atoms with van der Waals surface area (Å²) in [6, 6.07) is 0. The lowest BCUT2D eigenvalue weighted by molar-refractivity contribution is -0.166. The molecular weight excluding hydrogens is 148 g/mol. The van der Waals surface area contributed by atoms with Crippen LogP contribution in [0, 0.1) is 5.92 Å². The Labute approximate surface area is 64.5 Å². The van der Waals surface area contributed by atoms with Crippen molar-refractivity contribution < 1.29 is 19.1 Å². The Hall–Kier alpha value is -0.900. The van der Waals surface area contributed by atoms with Gasteiger partial charge in [-0.2, -0.15) is 0 Å². The van der Waals surface area contributed by atoms with E-state index in [1.54, 1.807) is 0 Å². The second-order valence-corrected chi connectivity index (χ2v) is 2.50. The predicted molar refractivity (Wildman–Crippen MR) is 35.7 cm³/mol. The largest absolute Gasteiger partial charge is 0.436 e. The van der Waals surface area contributed by atoms with E-state index in [2.05, 4.69) is 0 Å². The molecule has 1 rings (SSSR count). The summed E-state index contributed by atoms with van der Waals surface area (Å²) in [5, 5.41) is 0. The van der Waals surface area contributed by atoms with Crippen molar-refractivity contribution >= 4 is 12.3 Å². The van der Waals surface area contributed by atoms with Gasteiger partial charge in [0.25, 0.3) is 0 Å². The van der Waals surface area contributed by atoms with Gasteiger partial charge in [-0.25, -0.2) is 0 Å². The molecule has 0 aromatic heterocycles. The highest BCUT2D eigenvalue weighted by Crippen LogP contribution is 2.18. The average molecular weight is 158 g/mol. The third kappa shape index (κ3) is 2.31. The van der Waals surface area contributed by atoms with E-state index in [4.69, 9.17) is 9.47 Å². The zero-order valence-corrected chi connectivity index (χ0v) is 6.28. The highest BCUT2D eigenvalue weighted by molar-refractivity contribution is 5.66. The fourth-order valence-corrected chi connectivity index (χ4v) is 0.976. The first kappa shape index (κ1) is 8.20. The Bertz CT molecular complexity index is 166. The van der Waals surface area contributed by atoms with Crippen LogP contribution in [0.5, 0.6) is 0 Å². The Kier molecular flexibility index (Phi) is 2.59. The summed E-state index contributed by atoms with van der Waals surface area (Å²) in [7, 11) is 0. The van der Waals surface area contributed by atoms with Crippen molar-refractivity contribution in [1.29, 1.82) is 0 Å². The highest BCUT2D eigenvalue weighted by Gasteiger charge is 2.26. The fraction of sp³-hybridized carbons (Fsp3) is 0.714. The third-order valence-corrected chi connectivity index (χ3v) is 1.48. The highest BCUT2D eigenvalue weighted by atomic mass is 16.7. The molecule has 0 aromatic rings. The van der Waals surface area contributed by atoms with Gasteiger partial charge in [-0.1, -0.05) is 0 Å². The van der Waals surface area contributed by atoms with Crippen molar-refractivity contribution in [1.82, 2.24) is 0 Å². The second kappa shape index (κ2) is 3.48. The minimum absolute atomic E-state index is 0.112. The summed E-state index contributed by atoms with van der Waals surface area (Å²) >= 11 is 0. The van der Waals surface area contributed by atoms with E-state index in [0.29, 0.717) is 13.0 Å². The van der Waals surface area contributed by atoms with E-state index in [9.17, 15) is 9.59 Å². The molecule has 11 heavy (non-hydrogen) atoms. The number of carbonyl (C=O) groups excluding carboxylic acids is 2. The quantitative estimate of drug-likeness (QED) is 0.423. The summed E-state index contributed by atoms with van der Waals surface area (Å²) in [6.07, 6.45) is 0.801. The van der Waals surface area contributed by atoms with Crippen LogP contribution < -0.4 is 0 Å². The number of hydrogen-bond acceptors (Lipinski definition) is 4. The molecule has 0 N–H and O–H groups in total. The van der Waals surface area contributed by atoms with Crippen LogP contribution in [-0.4, -0.2) is 25.2 Å². The molecule has 0 aliphatic carbocycles. The molecule has 0 saturated carbocycles. The van der Waals surface area contributed by atoms with Crippen molar-refractivity contribution in [2.45, 2.75) is 19.6 Å². The third-order valence-electron chi connectivity index (χ3n) is 1.48. The first-order chi connectivity index (χ1) is 5.22. The van der Waals surface area contributed by atoms with Crippen molar-refractivity contribution in [2.24, 2.45) is 5.92 Å². The van der Waals surface area contributed by atoms with Gasteiger partial charge in [0, 0.05) is 19.3 Å². The molecule has 1 aliphatic rings. The summed E-state index contributed by atoms with van der Waals surface area (Å²) in [5.74, 6) is -0.485. The van der Waals surface area contributed by atoms with Crippen LogP contribution in [0.2, 0.25) is 0 Å². The number of esters is 1. The fourth-order valence-electron chi connectivity index (χ4n) is 0.976. The number of rotatable bonds is 2. The lowest BCUT2D eigenvalue weighted by atomic mass is 10.1. The van der Waals surface area contributed by atoms with Gasteiger partial charge in [0.15, 0.2) is 0 Å². The first-order valence-electron chi connectivity index (χ1n) is 3.46. The monoisotopic (exact) mass is 158 g/mol. The molecule has 1 heterocycles. The molecule has 2 unspecified atom stereocenters. The van der Waals surface area contributed by atoms with E-state index in [0.717, 1.165) is 6.29 Å². The van der Waals surface area contributed by atoms with Gasteiger partial charge < -0.3 is 14.3 Å². The van der Waals surface area contributed by atoms with Crippen LogP contribution in [0.4, 0.5) is 0 Å². The van der Waals surface area contributed by atoms with E-state index < -0.39 is 6.29 Å².